The molecule has 0 bridgehead atoms. The highest BCUT2D eigenvalue weighted by molar-refractivity contribution is 5.76. The molecule has 0 radical (unpaired) electrons. The summed E-state index contributed by atoms with van der Waals surface area (Å²) >= 11 is 0. The number of nitrogens with one attached hydrogen (secondary N) is 1. The first-order valence-electron chi connectivity index (χ1n) is 7.77. The van der Waals surface area contributed by atoms with Gasteiger partial charge >= 0.3 is 0 Å². The number of anilines is 1. The Morgan fingerprint density at radius 2 is 1.83 bits per heavy atom. The molecule has 23 heavy (non-hydrogen) atoms. The van der Waals surface area contributed by atoms with Crippen molar-refractivity contribution in [3.63, 3.8) is 0 Å². The van der Waals surface area contributed by atoms with Crippen molar-refractivity contribution in [2.45, 2.75) is 13.8 Å². The normalized spacial score (nSPS) is 10.9. The lowest BCUT2D eigenvalue weighted by Gasteiger charge is -2.08. The molecule has 4 heteroatoms. The van der Waals surface area contributed by atoms with Gasteiger partial charge in [0.15, 0.2) is 0 Å². The fourth-order valence-electron chi connectivity index (χ4n) is 2.33. The largest absolute Gasteiger partial charge is 0.493 e. The molecule has 1 aromatic heterocycles. The first-order chi connectivity index (χ1) is 11.1. The van der Waals surface area contributed by atoms with E-state index in [9.17, 15) is 0 Å². The molecule has 0 aliphatic carbocycles. The number of ether oxygens (including phenoxy) is 1. The lowest BCUT2D eigenvalue weighted by Crippen LogP contribution is -2.04. The number of benzene rings is 2. The van der Waals surface area contributed by atoms with Gasteiger partial charge in [-0.25, -0.2) is 0 Å². The van der Waals surface area contributed by atoms with Crippen molar-refractivity contribution in [1.29, 1.82) is 0 Å². The second kappa shape index (κ2) is 6.57. The minimum atomic E-state index is 0.514. The molecule has 0 fully saturated rings. The molecule has 0 aliphatic rings. The van der Waals surface area contributed by atoms with E-state index in [0.717, 1.165) is 40.6 Å². The highest BCUT2D eigenvalue weighted by Gasteiger charge is 2.08. The molecule has 3 rings (SSSR count). The number of nitrogens with zero attached hydrogens (tertiary/aromatic N) is 1. The molecule has 0 spiro atoms. The monoisotopic (exact) mass is 307 g/mol. The fraction of sp³-hybridized carbons (Fsp3) is 0.211. The summed E-state index contributed by atoms with van der Waals surface area (Å²) < 4.78 is 5.70. The Kier molecular flexibility index (Phi) is 4.33. The topological polar surface area (TPSA) is 63.9 Å². The summed E-state index contributed by atoms with van der Waals surface area (Å²) in [6.07, 6.45) is 0. The van der Waals surface area contributed by atoms with Gasteiger partial charge in [-0.1, -0.05) is 32.0 Å². The Labute approximate surface area is 136 Å². The highest BCUT2D eigenvalue weighted by atomic mass is 16.5. The van der Waals surface area contributed by atoms with E-state index in [1.54, 1.807) is 0 Å². The van der Waals surface area contributed by atoms with E-state index >= 15 is 0 Å². The lowest BCUT2D eigenvalue weighted by molar-refractivity contribution is 0.271. The van der Waals surface area contributed by atoms with Crippen molar-refractivity contribution in [2.24, 2.45) is 5.92 Å². The van der Waals surface area contributed by atoms with Gasteiger partial charge in [0.1, 0.15) is 5.75 Å². The molecule has 1 heterocycles. The van der Waals surface area contributed by atoms with Crippen LogP contribution in [-0.2, 0) is 0 Å². The Morgan fingerprint density at radius 1 is 1.09 bits per heavy atom. The van der Waals surface area contributed by atoms with Crippen LogP contribution in [0.1, 0.15) is 13.8 Å². The molecule has 0 saturated heterocycles. The van der Waals surface area contributed by atoms with Crippen LogP contribution in [0.4, 0.5) is 5.69 Å². The number of rotatable bonds is 5. The Balaban J connectivity index is 1.79. The van der Waals surface area contributed by atoms with E-state index in [1.807, 2.05) is 54.6 Å². The molecule has 3 aromatic rings. The highest BCUT2D eigenvalue weighted by Crippen LogP contribution is 2.28. The molecule has 0 saturated carbocycles. The van der Waals surface area contributed by atoms with Crippen molar-refractivity contribution in [1.82, 2.24) is 10.2 Å². The summed E-state index contributed by atoms with van der Waals surface area (Å²) in [4.78, 5) is 0. The quantitative estimate of drug-likeness (QED) is 0.688. The van der Waals surface area contributed by atoms with E-state index in [0.29, 0.717) is 5.92 Å². The van der Waals surface area contributed by atoms with Crippen molar-refractivity contribution in [3.8, 4) is 28.3 Å². The number of hydrogen-bond donors (Lipinski definition) is 2. The number of aromatic nitrogens is 2. The SMILES string of the molecule is CC(C)COc1ccc(-c2cc(-c3ccccc3N)[nH]n2)cc1. The minimum absolute atomic E-state index is 0.514. The van der Waals surface area contributed by atoms with Gasteiger partial charge in [0.25, 0.3) is 0 Å². The van der Waals surface area contributed by atoms with E-state index in [1.165, 1.54) is 0 Å². The zero-order valence-corrected chi connectivity index (χ0v) is 13.4. The molecule has 0 unspecified atom stereocenters. The van der Waals surface area contributed by atoms with E-state index in [2.05, 4.69) is 24.0 Å². The van der Waals surface area contributed by atoms with Gasteiger partial charge in [-0.05, 0) is 42.3 Å². The van der Waals surface area contributed by atoms with Crippen molar-refractivity contribution >= 4 is 5.69 Å². The molecule has 0 aliphatic heterocycles. The van der Waals surface area contributed by atoms with E-state index in [4.69, 9.17) is 10.5 Å². The number of nitrogen functional groups attached to an aromatic ring is 1. The molecule has 0 amide bonds. The summed E-state index contributed by atoms with van der Waals surface area (Å²) in [6.45, 7) is 4.99. The molecule has 3 N–H and O–H groups in total. The summed E-state index contributed by atoms with van der Waals surface area (Å²) in [6, 6.07) is 17.8. The van der Waals surface area contributed by atoms with Gasteiger partial charge in [0.05, 0.1) is 18.0 Å². The number of hydrogen-bond acceptors (Lipinski definition) is 3. The zero-order chi connectivity index (χ0) is 16.2. The van der Waals surface area contributed by atoms with Crippen LogP contribution in [0.15, 0.2) is 54.6 Å². The number of aromatic amines is 1. The average Bonchev–Trinajstić information content (AvgIpc) is 3.03. The summed E-state index contributed by atoms with van der Waals surface area (Å²) in [5, 5.41) is 7.44. The van der Waals surface area contributed by atoms with Crippen molar-refractivity contribution in [2.75, 3.05) is 12.3 Å². The van der Waals surface area contributed by atoms with Crippen molar-refractivity contribution in [3.05, 3.63) is 54.6 Å². The molecular formula is C19H21N3O. The van der Waals surface area contributed by atoms with Gasteiger partial charge in [-0.15, -0.1) is 0 Å². The van der Waals surface area contributed by atoms with E-state index in [-0.39, 0.29) is 0 Å². The summed E-state index contributed by atoms with van der Waals surface area (Å²) in [5.74, 6) is 1.39. The molecule has 2 aromatic carbocycles. The molecule has 118 valence electrons. The first kappa shape index (κ1) is 15.2. The smallest absolute Gasteiger partial charge is 0.119 e. The number of nitrogens with two attached hydrogens (primary N) is 1. The lowest BCUT2D eigenvalue weighted by atomic mass is 10.1. The Hall–Kier alpha value is -2.75. The first-order valence-corrected chi connectivity index (χ1v) is 7.77. The van der Waals surface area contributed by atoms with Gasteiger partial charge in [-0.2, -0.15) is 5.10 Å². The third-order valence-electron chi connectivity index (χ3n) is 3.56. The standard InChI is InChI=1S/C19H21N3O/c1-13(2)12-23-15-9-7-14(8-10-15)18-11-19(22-21-18)16-5-3-4-6-17(16)20/h3-11,13H,12,20H2,1-2H3,(H,21,22). The average molecular weight is 307 g/mol. The molecular weight excluding hydrogens is 286 g/mol. The van der Waals surface area contributed by atoms with Gasteiger partial charge < -0.3 is 10.5 Å². The Morgan fingerprint density at radius 3 is 2.52 bits per heavy atom. The third-order valence-corrected chi connectivity index (χ3v) is 3.56. The second-order valence-corrected chi connectivity index (χ2v) is 5.98. The maximum atomic E-state index is 6.01. The fourth-order valence-corrected chi connectivity index (χ4v) is 2.33. The summed E-state index contributed by atoms with van der Waals surface area (Å²) in [7, 11) is 0. The molecule has 0 atom stereocenters. The Bertz CT molecular complexity index is 775. The number of para-hydroxylation sites is 1. The second-order valence-electron chi connectivity index (χ2n) is 5.98. The van der Waals surface area contributed by atoms with Crippen LogP contribution in [0.2, 0.25) is 0 Å². The van der Waals surface area contributed by atoms with E-state index < -0.39 is 0 Å². The maximum absolute atomic E-state index is 6.01. The van der Waals surface area contributed by atoms with Crippen LogP contribution in [0.3, 0.4) is 0 Å². The van der Waals surface area contributed by atoms with Crippen LogP contribution in [0.25, 0.3) is 22.5 Å². The zero-order valence-electron chi connectivity index (χ0n) is 13.4. The van der Waals surface area contributed by atoms with Crippen LogP contribution in [0, 0.1) is 5.92 Å². The van der Waals surface area contributed by atoms with Crippen molar-refractivity contribution < 1.29 is 4.74 Å². The molecule has 4 nitrogen and oxygen atoms in total. The van der Waals surface area contributed by atoms with Crippen LogP contribution < -0.4 is 10.5 Å². The van der Waals surface area contributed by atoms with Gasteiger partial charge in [0, 0.05) is 16.8 Å². The van der Waals surface area contributed by atoms with Crippen LogP contribution in [0.5, 0.6) is 5.75 Å². The predicted molar refractivity (Wildman–Crippen MR) is 94.2 cm³/mol. The van der Waals surface area contributed by atoms with Crippen LogP contribution >= 0.6 is 0 Å². The number of H-pyrrole nitrogens is 1. The van der Waals surface area contributed by atoms with Gasteiger partial charge in [0.2, 0.25) is 0 Å². The minimum Gasteiger partial charge on any atom is -0.493 e. The summed E-state index contributed by atoms with van der Waals surface area (Å²) in [5.41, 5.74) is 10.6. The predicted octanol–water partition coefficient (Wildman–Crippen LogP) is 4.36. The maximum Gasteiger partial charge on any atom is 0.119 e. The van der Waals surface area contributed by atoms with Crippen LogP contribution in [-0.4, -0.2) is 16.8 Å². The third kappa shape index (κ3) is 3.54. The van der Waals surface area contributed by atoms with Gasteiger partial charge in [-0.3, -0.25) is 5.10 Å².